The molecule has 0 bridgehead atoms. The third-order valence-electron chi connectivity index (χ3n) is 3.15. The normalized spacial score (nSPS) is 17.2. The van der Waals surface area contributed by atoms with Crippen molar-refractivity contribution < 1.29 is 10.2 Å². The molecule has 0 saturated carbocycles. The molecule has 0 spiro atoms. The zero-order valence-corrected chi connectivity index (χ0v) is 11.2. The smallest absolute Gasteiger partial charge is 0.114 e. The van der Waals surface area contributed by atoms with E-state index in [0.29, 0.717) is 18.8 Å². The Morgan fingerprint density at radius 3 is 1.94 bits per heavy atom. The molecule has 2 nitrogen and oxygen atoms in total. The standard InChI is InChI=1S/C14H26O2/c1-6-12(15)9-10-13(16)8-7-11(2)14(3,4)5/h11-13,15-16H,6-8H2,1-5H3. The highest BCUT2D eigenvalue weighted by molar-refractivity contribution is 5.08. The predicted octanol–water partition coefficient (Wildman–Crippen LogP) is 2.58. The highest BCUT2D eigenvalue weighted by Gasteiger charge is 2.20. The Hall–Kier alpha value is -0.520. The van der Waals surface area contributed by atoms with Crippen LogP contribution in [-0.4, -0.2) is 22.4 Å². The molecule has 0 fully saturated rings. The van der Waals surface area contributed by atoms with Crippen molar-refractivity contribution >= 4 is 0 Å². The first-order valence-corrected chi connectivity index (χ1v) is 6.14. The van der Waals surface area contributed by atoms with Crippen molar-refractivity contribution in [3.05, 3.63) is 0 Å². The minimum Gasteiger partial charge on any atom is -0.380 e. The lowest BCUT2D eigenvalue weighted by atomic mass is 9.79. The molecule has 0 saturated heterocycles. The van der Waals surface area contributed by atoms with E-state index in [2.05, 4.69) is 39.5 Å². The Kier molecular flexibility index (Phi) is 6.71. The van der Waals surface area contributed by atoms with Crippen molar-refractivity contribution in [1.82, 2.24) is 0 Å². The van der Waals surface area contributed by atoms with Crippen LogP contribution in [0.3, 0.4) is 0 Å². The molecule has 3 unspecified atom stereocenters. The average molecular weight is 226 g/mol. The largest absolute Gasteiger partial charge is 0.380 e. The van der Waals surface area contributed by atoms with E-state index in [1.807, 2.05) is 6.92 Å². The summed E-state index contributed by atoms with van der Waals surface area (Å²) in [4.78, 5) is 0. The van der Waals surface area contributed by atoms with Crippen LogP contribution < -0.4 is 0 Å². The molecular weight excluding hydrogens is 200 g/mol. The van der Waals surface area contributed by atoms with E-state index < -0.39 is 12.2 Å². The van der Waals surface area contributed by atoms with Gasteiger partial charge in [-0.1, -0.05) is 46.5 Å². The van der Waals surface area contributed by atoms with Crippen LogP contribution >= 0.6 is 0 Å². The molecule has 94 valence electrons. The summed E-state index contributed by atoms with van der Waals surface area (Å²) in [5.74, 6) is 5.90. The molecule has 0 amide bonds. The van der Waals surface area contributed by atoms with E-state index in [0.717, 1.165) is 6.42 Å². The summed E-state index contributed by atoms with van der Waals surface area (Å²) < 4.78 is 0. The molecule has 0 aromatic carbocycles. The monoisotopic (exact) mass is 226 g/mol. The van der Waals surface area contributed by atoms with Gasteiger partial charge in [-0.15, -0.1) is 0 Å². The van der Waals surface area contributed by atoms with Gasteiger partial charge in [0, 0.05) is 0 Å². The van der Waals surface area contributed by atoms with Gasteiger partial charge >= 0.3 is 0 Å². The van der Waals surface area contributed by atoms with Gasteiger partial charge in [0.2, 0.25) is 0 Å². The van der Waals surface area contributed by atoms with Crippen LogP contribution in [0.1, 0.15) is 53.9 Å². The van der Waals surface area contributed by atoms with Gasteiger partial charge in [0.1, 0.15) is 12.2 Å². The molecule has 2 heteroatoms. The van der Waals surface area contributed by atoms with Gasteiger partial charge in [-0.2, -0.15) is 0 Å². The highest BCUT2D eigenvalue weighted by Crippen LogP contribution is 2.29. The average Bonchev–Trinajstić information content (AvgIpc) is 2.20. The zero-order chi connectivity index (χ0) is 12.8. The molecule has 0 aliphatic rings. The topological polar surface area (TPSA) is 40.5 Å². The first-order chi connectivity index (χ1) is 7.27. The van der Waals surface area contributed by atoms with Crippen molar-refractivity contribution in [3.63, 3.8) is 0 Å². The zero-order valence-electron chi connectivity index (χ0n) is 11.2. The van der Waals surface area contributed by atoms with Crippen LogP contribution in [-0.2, 0) is 0 Å². The number of aliphatic hydroxyl groups excluding tert-OH is 2. The van der Waals surface area contributed by atoms with E-state index in [1.165, 1.54) is 0 Å². The van der Waals surface area contributed by atoms with Gasteiger partial charge < -0.3 is 10.2 Å². The summed E-state index contributed by atoms with van der Waals surface area (Å²) >= 11 is 0. The highest BCUT2D eigenvalue weighted by atomic mass is 16.3. The van der Waals surface area contributed by atoms with E-state index in [9.17, 15) is 10.2 Å². The van der Waals surface area contributed by atoms with Gasteiger partial charge in [0.05, 0.1) is 0 Å². The van der Waals surface area contributed by atoms with Crippen molar-refractivity contribution in [2.75, 3.05) is 0 Å². The van der Waals surface area contributed by atoms with Crippen LogP contribution in [0.5, 0.6) is 0 Å². The fourth-order valence-corrected chi connectivity index (χ4v) is 1.21. The van der Waals surface area contributed by atoms with Gasteiger partial charge in [-0.3, -0.25) is 0 Å². The molecule has 0 rings (SSSR count). The Balaban J connectivity index is 3.97. The Morgan fingerprint density at radius 2 is 1.50 bits per heavy atom. The lowest BCUT2D eigenvalue weighted by molar-refractivity contribution is 0.178. The SMILES string of the molecule is CCC(O)C#CC(O)CCC(C)C(C)(C)C. The number of rotatable bonds is 4. The third-order valence-corrected chi connectivity index (χ3v) is 3.15. The maximum absolute atomic E-state index is 9.62. The van der Waals surface area contributed by atoms with Crippen LogP contribution in [0.2, 0.25) is 0 Å². The molecule has 0 aliphatic carbocycles. The van der Waals surface area contributed by atoms with Crippen molar-refractivity contribution in [2.24, 2.45) is 11.3 Å². The molecule has 16 heavy (non-hydrogen) atoms. The minimum atomic E-state index is -0.606. The minimum absolute atomic E-state index is 0.274. The summed E-state index contributed by atoms with van der Waals surface area (Å²) in [6.45, 7) is 10.7. The summed E-state index contributed by atoms with van der Waals surface area (Å²) in [7, 11) is 0. The van der Waals surface area contributed by atoms with Gasteiger partial charge in [0.25, 0.3) is 0 Å². The lowest BCUT2D eigenvalue weighted by Crippen LogP contribution is -2.19. The van der Waals surface area contributed by atoms with E-state index in [-0.39, 0.29) is 5.41 Å². The van der Waals surface area contributed by atoms with Gasteiger partial charge in [-0.25, -0.2) is 0 Å². The number of hydrogen-bond donors (Lipinski definition) is 2. The van der Waals surface area contributed by atoms with Crippen LogP contribution in [0.4, 0.5) is 0 Å². The molecule has 0 aliphatic heterocycles. The second-order valence-corrected chi connectivity index (χ2v) is 5.57. The fraction of sp³-hybridized carbons (Fsp3) is 0.857. The maximum atomic E-state index is 9.62. The summed E-state index contributed by atoms with van der Waals surface area (Å²) in [5, 5.41) is 18.9. The summed E-state index contributed by atoms with van der Waals surface area (Å²) in [5.41, 5.74) is 0.274. The molecule has 3 atom stereocenters. The molecule has 0 radical (unpaired) electrons. The van der Waals surface area contributed by atoms with Crippen molar-refractivity contribution in [3.8, 4) is 11.8 Å². The first-order valence-electron chi connectivity index (χ1n) is 6.14. The molecule has 2 N–H and O–H groups in total. The van der Waals surface area contributed by atoms with E-state index in [4.69, 9.17) is 0 Å². The Bertz CT molecular complexity index is 242. The van der Waals surface area contributed by atoms with Gasteiger partial charge in [-0.05, 0) is 30.6 Å². The van der Waals surface area contributed by atoms with Crippen molar-refractivity contribution in [1.29, 1.82) is 0 Å². The van der Waals surface area contributed by atoms with E-state index in [1.54, 1.807) is 0 Å². The van der Waals surface area contributed by atoms with Crippen LogP contribution in [0, 0.1) is 23.2 Å². The Morgan fingerprint density at radius 1 is 1.00 bits per heavy atom. The number of aliphatic hydroxyl groups is 2. The first kappa shape index (κ1) is 15.5. The van der Waals surface area contributed by atoms with Crippen LogP contribution in [0.15, 0.2) is 0 Å². The Labute approximate surface area is 100 Å². The second-order valence-electron chi connectivity index (χ2n) is 5.57. The predicted molar refractivity (Wildman–Crippen MR) is 67.9 cm³/mol. The summed E-state index contributed by atoms with van der Waals surface area (Å²) in [6, 6.07) is 0. The second kappa shape index (κ2) is 6.93. The maximum Gasteiger partial charge on any atom is 0.114 e. The van der Waals surface area contributed by atoms with E-state index >= 15 is 0 Å². The molecule has 0 aromatic rings. The quantitative estimate of drug-likeness (QED) is 0.723. The third kappa shape index (κ3) is 6.87. The van der Waals surface area contributed by atoms with Crippen molar-refractivity contribution in [2.45, 2.75) is 66.1 Å². The molecular formula is C14H26O2. The molecule has 0 heterocycles. The van der Waals surface area contributed by atoms with Crippen LogP contribution in [0.25, 0.3) is 0 Å². The lowest BCUT2D eigenvalue weighted by Gasteiger charge is -2.27. The molecule has 0 aromatic heterocycles. The number of hydrogen-bond acceptors (Lipinski definition) is 2. The summed E-state index contributed by atoms with van der Waals surface area (Å²) in [6.07, 6.45) is 1.04. The van der Waals surface area contributed by atoms with Gasteiger partial charge in [0.15, 0.2) is 0 Å². The fourth-order valence-electron chi connectivity index (χ4n) is 1.21.